The van der Waals surface area contributed by atoms with Crippen LogP contribution in [0.25, 0.3) is 11.1 Å². The van der Waals surface area contributed by atoms with E-state index in [1.54, 1.807) is 29.2 Å². The molecule has 0 unspecified atom stereocenters. The third-order valence-electron chi connectivity index (χ3n) is 6.13. The van der Waals surface area contributed by atoms with Gasteiger partial charge in [-0.25, -0.2) is 0 Å². The molecule has 1 aliphatic heterocycles. The third kappa shape index (κ3) is 3.52. The first-order valence-corrected chi connectivity index (χ1v) is 10.5. The molecule has 0 spiro atoms. The summed E-state index contributed by atoms with van der Waals surface area (Å²) in [5.74, 6) is -0.177. The Labute approximate surface area is 180 Å². The van der Waals surface area contributed by atoms with Crippen molar-refractivity contribution in [3.05, 3.63) is 95.1 Å². The number of likely N-dealkylation sites (tertiary alicyclic amines) is 1. The number of fused-ring (bicyclic) bond motifs is 3. The van der Waals surface area contributed by atoms with Crippen molar-refractivity contribution < 1.29 is 14.4 Å². The minimum atomic E-state index is -0.0814. The van der Waals surface area contributed by atoms with Crippen LogP contribution in [0.2, 0.25) is 0 Å². The lowest BCUT2D eigenvalue weighted by molar-refractivity contribution is 0.0698. The summed E-state index contributed by atoms with van der Waals surface area (Å²) in [6.45, 7) is 1.15. The normalized spacial score (nSPS) is 15.4. The average Bonchev–Trinajstić information content (AvgIpc) is 3.11. The molecule has 0 atom stereocenters. The Morgan fingerprint density at radius 2 is 1.39 bits per heavy atom. The molecule has 2 amide bonds. The Kier molecular flexibility index (Phi) is 4.86. The molecule has 3 aromatic carbocycles. The fourth-order valence-corrected chi connectivity index (χ4v) is 4.43. The molecule has 1 fully saturated rings. The number of nitrogens with zero attached hydrogens (tertiary/aromatic N) is 1. The first kappa shape index (κ1) is 19.2. The molecule has 0 bridgehead atoms. The highest BCUT2D eigenvalue weighted by Gasteiger charge is 2.29. The van der Waals surface area contributed by atoms with Crippen LogP contribution in [0.15, 0.2) is 72.8 Å². The highest BCUT2D eigenvalue weighted by molar-refractivity contribution is 6.22. The summed E-state index contributed by atoms with van der Waals surface area (Å²) < 4.78 is 0. The van der Waals surface area contributed by atoms with E-state index in [-0.39, 0.29) is 23.6 Å². The van der Waals surface area contributed by atoms with Crippen molar-refractivity contribution in [1.29, 1.82) is 0 Å². The smallest absolute Gasteiger partial charge is 0.253 e. The number of ketones is 1. The molecule has 3 aromatic rings. The van der Waals surface area contributed by atoms with E-state index >= 15 is 0 Å². The van der Waals surface area contributed by atoms with Crippen LogP contribution < -0.4 is 5.32 Å². The van der Waals surface area contributed by atoms with Crippen LogP contribution in [0.5, 0.6) is 0 Å². The quantitative estimate of drug-likeness (QED) is 0.556. The fourth-order valence-electron chi connectivity index (χ4n) is 4.43. The molecule has 0 radical (unpaired) electrons. The van der Waals surface area contributed by atoms with Crippen molar-refractivity contribution in [3.8, 4) is 11.1 Å². The number of hydrogen-bond acceptors (Lipinski definition) is 3. The first-order valence-electron chi connectivity index (χ1n) is 10.5. The van der Waals surface area contributed by atoms with Crippen molar-refractivity contribution in [3.63, 3.8) is 0 Å². The molecule has 0 aromatic heterocycles. The van der Waals surface area contributed by atoms with Gasteiger partial charge in [0, 0.05) is 41.4 Å². The number of carbonyl (C=O) groups is 3. The summed E-state index contributed by atoms with van der Waals surface area (Å²) in [4.78, 5) is 40.0. The van der Waals surface area contributed by atoms with E-state index < -0.39 is 0 Å². The maximum Gasteiger partial charge on any atom is 0.253 e. The average molecular weight is 410 g/mol. The van der Waals surface area contributed by atoms with Crippen LogP contribution in [0.4, 0.5) is 0 Å². The summed E-state index contributed by atoms with van der Waals surface area (Å²) >= 11 is 0. The zero-order valence-corrected chi connectivity index (χ0v) is 17.0. The van der Waals surface area contributed by atoms with Gasteiger partial charge in [-0.15, -0.1) is 0 Å². The van der Waals surface area contributed by atoms with Gasteiger partial charge in [-0.2, -0.15) is 0 Å². The lowest BCUT2D eigenvalue weighted by atomic mass is 10.0. The summed E-state index contributed by atoms with van der Waals surface area (Å²) in [7, 11) is 0. The number of amides is 2. The van der Waals surface area contributed by atoms with Crippen LogP contribution >= 0.6 is 0 Å². The van der Waals surface area contributed by atoms with Gasteiger partial charge in [-0.05, 0) is 48.2 Å². The Hall–Kier alpha value is -3.73. The Bertz CT molecular complexity index is 1180. The van der Waals surface area contributed by atoms with Crippen molar-refractivity contribution >= 4 is 17.6 Å². The molecule has 5 rings (SSSR count). The van der Waals surface area contributed by atoms with Crippen LogP contribution in [-0.2, 0) is 0 Å². The molecule has 2 aliphatic rings. The second kappa shape index (κ2) is 7.84. The minimum Gasteiger partial charge on any atom is -0.349 e. The maximum absolute atomic E-state index is 13.1. The number of carbonyl (C=O) groups excluding carboxylic acids is 3. The van der Waals surface area contributed by atoms with Gasteiger partial charge in [0.15, 0.2) is 5.78 Å². The molecular weight excluding hydrogens is 388 g/mol. The predicted molar refractivity (Wildman–Crippen MR) is 118 cm³/mol. The van der Waals surface area contributed by atoms with Gasteiger partial charge >= 0.3 is 0 Å². The molecule has 31 heavy (non-hydrogen) atoms. The molecule has 5 nitrogen and oxygen atoms in total. The van der Waals surface area contributed by atoms with Crippen LogP contribution in [0, 0.1) is 0 Å². The lowest BCUT2D eigenvalue weighted by Gasteiger charge is -2.32. The largest absolute Gasteiger partial charge is 0.349 e. The predicted octanol–water partition coefficient (Wildman–Crippen LogP) is 3.93. The van der Waals surface area contributed by atoms with Crippen molar-refractivity contribution in [2.45, 2.75) is 18.9 Å². The van der Waals surface area contributed by atoms with Gasteiger partial charge in [0.2, 0.25) is 0 Å². The zero-order chi connectivity index (χ0) is 21.4. The Morgan fingerprint density at radius 1 is 0.742 bits per heavy atom. The Balaban J connectivity index is 1.24. The number of piperidine rings is 1. The van der Waals surface area contributed by atoms with Gasteiger partial charge in [0.25, 0.3) is 11.8 Å². The van der Waals surface area contributed by atoms with Gasteiger partial charge in [-0.3, -0.25) is 14.4 Å². The van der Waals surface area contributed by atoms with Crippen LogP contribution in [0.1, 0.15) is 49.5 Å². The van der Waals surface area contributed by atoms with E-state index in [1.807, 2.05) is 48.5 Å². The van der Waals surface area contributed by atoms with E-state index in [9.17, 15) is 14.4 Å². The lowest BCUT2D eigenvalue weighted by Crippen LogP contribution is -2.46. The van der Waals surface area contributed by atoms with Crippen molar-refractivity contribution in [2.75, 3.05) is 13.1 Å². The molecule has 1 aliphatic carbocycles. The number of benzene rings is 3. The second-order valence-corrected chi connectivity index (χ2v) is 8.04. The van der Waals surface area contributed by atoms with E-state index in [4.69, 9.17) is 0 Å². The highest BCUT2D eigenvalue weighted by atomic mass is 16.2. The van der Waals surface area contributed by atoms with Crippen LogP contribution in [-0.4, -0.2) is 41.6 Å². The van der Waals surface area contributed by atoms with E-state index in [2.05, 4.69) is 5.32 Å². The highest BCUT2D eigenvalue weighted by Crippen LogP contribution is 2.36. The SMILES string of the molecule is O=C(NC1CCN(C(=O)c2ccc3c(c2)C(=O)c2ccccc2-3)CC1)c1ccccc1. The number of hydrogen-bond donors (Lipinski definition) is 1. The van der Waals surface area contributed by atoms with Gasteiger partial charge in [0.05, 0.1) is 0 Å². The maximum atomic E-state index is 13.1. The first-order chi connectivity index (χ1) is 15.1. The number of rotatable bonds is 3. The minimum absolute atomic E-state index is 0.0254. The second-order valence-electron chi connectivity index (χ2n) is 8.04. The van der Waals surface area contributed by atoms with Gasteiger partial charge < -0.3 is 10.2 Å². The molecule has 1 saturated heterocycles. The van der Waals surface area contributed by atoms with E-state index in [1.165, 1.54) is 0 Å². The van der Waals surface area contributed by atoms with Crippen molar-refractivity contribution in [2.24, 2.45) is 0 Å². The van der Waals surface area contributed by atoms with Crippen molar-refractivity contribution in [1.82, 2.24) is 10.2 Å². The molecular formula is C26H22N2O3. The molecule has 0 saturated carbocycles. The molecule has 154 valence electrons. The topological polar surface area (TPSA) is 66.5 Å². The summed E-state index contributed by atoms with van der Waals surface area (Å²) in [5.41, 5.74) is 4.28. The molecule has 1 heterocycles. The third-order valence-corrected chi connectivity index (χ3v) is 6.13. The van der Waals surface area contributed by atoms with E-state index in [0.29, 0.717) is 48.2 Å². The fraction of sp³-hybridized carbons (Fsp3) is 0.192. The summed E-state index contributed by atoms with van der Waals surface area (Å²) in [6.07, 6.45) is 1.42. The summed E-state index contributed by atoms with van der Waals surface area (Å²) in [6, 6.07) is 22.1. The van der Waals surface area contributed by atoms with Crippen LogP contribution in [0.3, 0.4) is 0 Å². The zero-order valence-electron chi connectivity index (χ0n) is 17.0. The number of nitrogens with one attached hydrogen (secondary N) is 1. The molecule has 5 heteroatoms. The van der Waals surface area contributed by atoms with Gasteiger partial charge in [-0.1, -0.05) is 48.5 Å². The van der Waals surface area contributed by atoms with Gasteiger partial charge in [0.1, 0.15) is 0 Å². The van der Waals surface area contributed by atoms with E-state index in [0.717, 1.165) is 11.1 Å². The monoisotopic (exact) mass is 410 g/mol. The summed E-state index contributed by atoms with van der Waals surface area (Å²) in [5, 5.41) is 3.06. The standard InChI is InChI=1S/C26H22N2O3/c29-24-22-9-5-4-8-20(22)21-11-10-18(16-23(21)24)26(31)28-14-12-19(13-15-28)27-25(30)17-6-2-1-3-7-17/h1-11,16,19H,12-15H2,(H,27,30). The molecule has 1 N–H and O–H groups in total. The Morgan fingerprint density at radius 3 is 2.13 bits per heavy atom.